The van der Waals surface area contributed by atoms with E-state index in [9.17, 15) is 0 Å². The number of nitrogens with one attached hydrogen (secondary N) is 1. The van der Waals surface area contributed by atoms with Gasteiger partial charge < -0.3 is 9.84 Å². The molecule has 4 nitrogen and oxygen atoms in total. The van der Waals surface area contributed by atoms with Crippen LogP contribution in [0.25, 0.3) is 0 Å². The van der Waals surface area contributed by atoms with Gasteiger partial charge in [-0.05, 0) is 7.05 Å². The summed E-state index contributed by atoms with van der Waals surface area (Å²) >= 11 is 0. The van der Waals surface area contributed by atoms with Crippen LogP contribution in [0.5, 0.6) is 0 Å². The highest BCUT2D eigenvalue weighted by Gasteiger charge is 2.08. The van der Waals surface area contributed by atoms with E-state index in [4.69, 9.17) is 4.52 Å². The fraction of sp³-hybridized carbons (Fsp3) is 0.750. The molecule has 0 aromatic carbocycles. The zero-order valence-electron chi connectivity index (χ0n) is 7.79. The number of aromatic nitrogens is 2. The first kappa shape index (κ1) is 9.19. The van der Waals surface area contributed by atoms with Crippen molar-refractivity contribution in [1.82, 2.24) is 15.5 Å². The Morgan fingerprint density at radius 2 is 2.25 bits per heavy atom. The monoisotopic (exact) mass is 169 g/mol. The Bertz CT molecular complexity index is 232. The predicted octanol–water partition coefficient (Wildman–Crippen LogP) is 0.955. The number of likely N-dealkylation sites (N-methyl/N-ethyl adjacent to an activating group) is 1. The average molecular weight is 169 g/mol. The molecule has 0 fully saturated rings. The Morgan fingerprint density at radius 3 is 2.75 bits per heavy atom. The lowest BCUT2D eigenvalue weighted by Gasteiger charge is -1.93. The molecule has 0 radical (unpaired) electrons. The first-order chi connectivity index (χ1) is 5.74. The van der Waals surface area contributed by atoms with E-state index >= 15 is 0 Å². The quantitative estimate of drug-likeness (QED) is 0.729. The second-order valence-electron chi connectivity index (χ2n) is 3.05. The summed E-state index contributed by atoms with van der Waals surface area (Å²) in [5.74, 6) is 1.85. The highest BCUT2D eigenvalue weighted by molar-refractivity contribution is 4.91. The summed E-state index contributed by atoms with van der Waals surface area (Å²) < 4.78 is 5.03. The molecule has 0 amide bonds. The molecule has 0 saturated carbocycles. The third kappa shape index (κ3) is 2.30. The van der Waals surface area contributed by atoms with Crippen molar-refractivity contribution in [3.05, 3.63) is 11.7 Å². The lowest BCUT2D eigenvalue weighted by molar-refractivity contribution is 0.370. The van der Waals surface area contributed by atoms with Gasteiger partial charge in [-0.15, -0.1) is 0 Å². The van der Waals surface area contributed by atoms with Crippen LogP contribution >= 0.6 is 0 Å². The smallest absolute Gasteiger partial charge is 0.227 e. The van der Waals surface area contributed by atoms with Crippen LogP contribution in [0.1, 0.15) is 31.5 Å². The van der Waals surface area contributed by atoms with E-state index in [1.807, 2.05) is 20.9 Å². The minimum atomic E-state index is 0.345. The fourth-order valence-electron chi connectivity index (χ4n) is 0.836. The molecule has 1 N–H and O–H groups in total. The SMILES string of the molecule is CNCCc1nc(C(C)C)no1. The molecule has 0 atom stereocenters. The van der Waals surface area contributed by atoms with E-state index in [2.05, 4.69) is 15.5 Å². The Balaban J connectivity index is 2.52. The van der Waals surface area contributed by atoms with Crippen molar-refractivity contribution >= 4 is 0 Å². The second kappa shape index (κ2) is 4.21. The summed E-state index contributed by atoms with van der Waals surface area (Å²) in [5, 5.41) is 6.88. The molecule has 4 heteroatoms. The zero-order valence-corrected chi connectivity index (χ0v) is 7.79. The molecule has 0 aliphatic carbocycles. The van der Waals surface area contributed by atoms with Crippen LogP contribution in [-0.2, 0) is 6.42 Å². The first-order valence-corrected chi connectivity index (χ1v) is 4.21. The molecule has 1 aromatic heterocycles. The van der Waals surface area contributed by atoms with E-state index in [-0.39, 0.29) is 0 Å². The molecule has 68 valence electrons. The van der Waals surface area contributed by atoms with Gasteiger partial charge in [0, 0.05) is 18.9 Å². The van der Waals surface area contributed by atoms with Gasteiger partial charge in [0.15, 0.2) is 5.82 Å². The van der Waals surface area contributed by atoms with Crippen LogP contribution < -0.4 is 5.32 Å². The average Bonchev–Trinajstić information content (AvgIpc) is 2.48. The number of rotatable bonds is 4. The van der Waals surface area contributed by atoms with Crippen LogP contribution in [0.4, 0.5) is 0 Å². The molecular formula is C8H15N3O. The van der Waals surface area contributed by atoms with Crippen molar-refractivity contribution in [2.75, 3.05) is 13.6 Å². The lowest BCUT2D eigenvalue weighted by Crippen LogP contribution is -2.10. The van der Waals surface area contributed by atoms with Crippen LogP contribution in [0.2, 0.25) is 0 Å². The molecule has 0 aliphatic rings. The predicted molar refractivity (Wildman–Crippen MR) is 46.0 cm³/mol. The standard InChI is InChI=1S/C8H15N3O/c1-6(2)8-10-7(12-11-8)4-5-9-3/h6,9H,4-5H2,1-3H3. The molecule has 0 saturated heterocycles. The maximum Gasteiger partial charge on any atom is 0.227 e. The molecule has 12 heavy (non-hydrogen) atoms. The Morgan fingerprint density at radius 1 is 1.50 bits per heavy atom. The molecule has 0 spiro atoms. The minimum Gasteiger partial charge on any atom is -0.339 e. The summed E-state index contributed by atoms with van der Waals surface area (Å²) in [7, 11) is 1.90. The molecular weight excluding hydrogens is 154 g/mol. The van der Waals surface area contributed by atoms with Gasteiger partial charge in [-0.2, -0.15) is 4.98 Å². The minimum absolute atomic E-state index is 0.345. The number of hydrogen-bond acceptors (Lipinski definition) is 4. The van der Waals surface area contributed by atoms with E-state index in [1.54, 1.807) is 0 Å². The van der Waals surface area contributed by atoms with Crippen molar-refractivity contribution in [2.45, 2.75) is 26.2 Å². The summed E-state index contributed by atoms with van der Waals surface area (Å²) in [6.07, 6.45) is 0.802. The van der Waals surface area contributed by atoms with Crippen molar-refractivity contribution < 1.29 is 4.52 Å². The van der Waals surface area contributed by atoms with E-state index in [0.717, 1.165) is 18.8 Å². The summed E-state index contributed by atoms with van der Waals surface area (Å²) in [6, 6.07) is 0. The topological polar surface area (TPSA) is 51.0 Å². The molecule has 1 rings (SSSR count). The van der Waals surface area contributed by atoms with Gasteiger partial charge in [0.05, 0.1) is 0 Å². The lowest BCUT2D eigenvalue weighted by atomic mass is 10.2. The highest BCUT2D eigenvalue weighted by Crippen LogP contribution is 2.09. The van der Waals surface area contributed by atoms with E-state index in [0.29, 0.717) is 11.8 Å². The van der Waals surface area contributed by atoms with Gasteiger partial charge in [0.25, 0.3) is 0 Å². The summed E-state index contributed by atoms with van der Waals surface area (Å²) in [4.78, 5) is 4.23. The maximum absolute atomic E-state index is 5.03. The number of nitrogens with zero attached hydrogens (tertiary/aromatic N) is 2. The second-order valence-corrected chi connectivity index (χ2v) is 3.05. The van der Waals surface area contributed by atoms with Crippen molar-refractivity contribution in [3.63, 3.8) is 0 Å². The van der Waals surface area contributed by atoms with Gasteiger partial charge in [0.2, 0.25) is 5.89 Å². The van der Waals surface area contributed by atoms with Gasteiger partial charge in [-0.25, -0.2) is 0 Å². The molecule has 0 aliphatic heterocycles. The molecule has 1 aromatic rings. The van der Waals surface area contributed by atoms with E-state index < -0.39 is 0 Å². The largest absolute Gasteiger partial charge is 0.339 e. The normalized spacial score (nSPS) is 11.0. The fourth-order valence-corrected chi connectivity index (χ4v) is 0.836. The van der Waals surface area contributed by atoms with Crippen LogP contribution in [0.3, 0.4) is 0 Å². The first-order valence-electron chi connectivity index (χ1n) is 4.21. The summed E-state index contributed by atoms with van der Waals surface area (Å²) in [5.41, 5.74) is 0. The molecule has 0 bridgehead atoms. The van der Waals surface area contributed by atoms with E-state index in [1.165, 1.54) is 0 Å². The molecule has 1 heterocycles. The third-order valence-electron chi connectivity index (χ3n) is 1.59. The van der Waals surface area contributed by atoms with Crippen molar-refractivity contribution in [2.24, 2.45) is 0 Å². The van der Waals surface area contributed by atoms with Crippen LogP contribution in [-0.4, -0.2) is 23.7 Å². The number of hydrogen-bond donors (Lipinski definition) is 1. The highest BCUT2D eigenvalue weighted by atomic mass is 16.5. The van der Waals surface area contributed by atoms with Gasteiger partial charge in [-0.3, -0.25) is 0 Å². The van der Waals surface area contributed by atoms with Crippen LogP contribution in [0, 0.1) is 0 Å². The Kier molecular flexibility index (Phi) is 3.22. The molecule has 0 unspecified atom stereocenters. The maximum atomic E-state index is 5.03. The zero-order chi connectivity index (χ0) is 8.97. The van der Waals surface area contributed by atoms with Gasteiger partial charge >= 0.3 is 0 Å². The Hall–Kier alpha value is -0.900. The van der Waals surface area contributed by atoms with Crippen LogP contribution in [0.15, 0.2) is 4.52 Å². The van der Waals surface area contributed by atoms with Gasteiger partial charge in [-0.1, -0.05) is 19.0 Å². The van der Waals surface area contributed by atoms with Crippen molar-refractivity contribution in [3.8, 4) is 0 Å². The van der Waals surface area contributed by atoms with Crippen molar-refractivity contribution in [1.29, 1.82) is 0 Å². The van der Waals surface area contributed by atoms with Gasteiger partial charge in [0.1, 0.15) is 0 Å². The third-order valence-corrected chi connectivity index (χ3v) is 1.59. The Labute approximate surface area is 72.4 Å². The summed E-state index contributed by atoms with van der Waals surface area (Å²) in [6.45, 7) is 4.97.